The van der Waals surface area contributed by atoms with Gasteiger partial charge in [-0.2, -0.15) is 0 Å². The molecule has 1 N–H and O–H groups in total. The first-order valence-corrected chi connectivity index (χ1v) is 15.3. The molecule has 0 amide bonds. The lowest BCUT2D eigenvalue weighted by Crippen LogP contribution is -2.12. The van der Waals surface area contributed by atoms with Gasteiger partial charge in [0.15, 0.2) is 0 Å². The van der Waals surface area contributed by atoms with Crippen LogP contribution in [0.5, 0.6) is 0 Å². The molecule has 0 fully saturated rings. The predicted molar refractivity (Wildman–Crippen MR) is 146 cm³/mol. The number of rotatable bonds is 26. The predicted octanol–water partition coefficient (Wildman–Crippen LogP) is 11.0. The van der Waals surface area contributed by atoms with E-state index in [2.05, 4.69) is 20.8 Å². The summed E-state index contributed by atoms with van der Waals surface area (Å²) < 4.78 is 0. The van der Waals surface area contributed by atoms with Crippen LogP contribution < -0.4 is 0 Å². The second kappa shape index (κ2) is 25.6. The van der Waals surface area contributed by atoms with Gasteiger partial charge in [0.05, 0.1) is 6.10 Å². The summed E-state index contributed by atoms with van der Waals surface area (Å²) in [5.74, 6) is 1.40. The lowest BCUT2D eigenvalue weighted by molar-refractivity contribution is 0.128. The van der Waals surface area contributed by atoms with Crippen LogP contribution in [0.3, 0.4) is 0 Å². The molecule has 0 bridgehead atoms. The summed E-state index contributed by atoms with van der Waals surface area (Å²) >= 11 is 0. The van der Waals surface area contributed by atoms with Crippen LogP contribution in [0, 0.1) is 11.8 Å². The Balaban J connectivity index is 3.18. The normalized spacial score (nSPS) is 14.5. The average Bonchev–Trinajstić information content (AvgIpc) is 2.77. The van der Waals surface area contributed by atoms with Crippen molar-refractivity contribution in [1.29, 1.82) is 0 Å². The maximum Gasteiger partial charge on any atom is 0.0537 e. The van der Waals surface area contributed by atoms with Crippen LogP contribution in [0.25, 0.3) is 0 Å². The van der Waals surface area contributed by atoms with Gasteiger partial charge >= 0.3 is 0 Å². The van der Waals surface area contributed by atoms with Crippen LogP contribution in [0.2, 0.25) is 0 Å². The Morgan fingerprint density at radius 3 is 1.00 bits per heavy atom. The number of unbranched alkanes of at least 4 members (excludes halogenated alkanes) is 19. The van der Waals surface area contributed by atoms with E-state index >= 15 is 0 Å². The van der Waals surface area contributed by atoms with E-state index in [1.165, 1.54) is 154 Å². The molecule has 0 saturated heterocycles. The molecule has 0 radical (unpaired) electrons. The van der Waals surface area contributed by atoms with E-state index in [9.17, 15) is 5.11 Å². The first-order chi connectivity index (χ1) is 15.6. The number of aliphatic hydroxyl groups excluding tert-OH is 1. The molecule has 0 aliphatic heterocycles. The monoisotopic (exact) mass is 452 g/mol. The number of hydrogen-bond donors (Lipinski definition) is 1. The highest BCUT2D eigenvalue weighted by atomic mass is 16.3. The first-order valence-electron chi connectivity index (χ1n) is 15.3. The molecule has 0 spiro atoms. The van der Waals surface area contributed by atoms with Crippen molar-refractivity contribution in [3.63, 3.8) is 0 Å². The Bertz CT molecular complexity index is 337. The molecular weight excluding hydrogens is 388 g/mol. The van der Waals surface area contributed by atoms with Crippen molar-refractivity contribution in [3.8, 4) is 0 Å². The van der Waals surface area contributed by atoms with Gasteiger partial charge in [-0.15, -0.1) is 0 Å². The molecule has 1 heteroatoms. The van der Waals surface area contributed by atoms with Crippen LogP contribution in [0.4, 0.5) is 0 Å². The molecule has 0 aromatic heterocycles. The zero-order chi connectivity index (χ0) is 23.7. The molecule has 0 aliphatic rings. The average molecular weight is 453 g/mol. The lowest BCUT2D eigenvalue weighted by atomic mass is 9.95. The SMILES string of the molecule is CCCCCCCCCCCCCCCCCCC(C)CCCCCCCC(C)C(C)O. The largest absolute Gasteiger partial charge is 0.393 e. The fourth-order valence-electron chi connectivity index (χ4n) is 4.92. The minimum Gasteiger partial charge on any atom is -0.393 e. The van der Waals surface area contributed by atoms with Crippen molar-refractivity contribution in [2.45, 2.75) is 188 Å². The van der Waals surface area contributed by atoms with Crippen LogP contribution in [-0.4, -0.2) is 11.2 Å². The van der Waals surface area contributed by atoms with Gasteiger partial charge in [0, 0.05) is 0 Å². The van der Waals surface area contributed by atoms with Crippen LogP contribution in [0.15, 0.2) is 0 Å². The third-order valence-corrected chi connectivity index (χ3v) is 7.73. The van der Waals surface area contributed by atoms with Gasteiger partial charge in [-0.05, 0) is 25.2 Å². The molecule has 0 heterocycles. The molecule has 3 unspecified atom stereocenters. The van der Waals surface area contributed by atoms with E-state index in [0.717, 1.165) is 5.92 Å². The Morgan fingerprint density at radius 2 is 0.688 bits per heavy atom. The number of hydrogen-bond acceptors (Lipinski definition) is 1. The summed E-state index contributed by atoms with van der Waals surface area (Å²) in [5.41, 5.74) is 0. The van der Waals surface area contributed by atoms with Crippen molar-refractivity contribution >= 4 is 0 Å². The quantitative estimate of drug-likeness (QED) is 0.129. The maximum absolute atomic E-state index is 9.53. The fraction of sp³-hybridized carbons (Fsp3) is 1.00. The van der Waals surface area contributed by atoms with Crippen LogP contribution >= 0.6 is 0 Å². The van der Waals surface area contributed by atoms with E-state index in [1.54, 1.807) is 0 Å². The van der Waals surface area contributed by atoms with Gasteiger partial charge in [0.2, 0.25) is 0 Å². The zero-order valence-corrected chi connectivity index (χ0v) is 23.1. The third-order valence-electron chi connectivity index (χ3n) is 7.73. The zero-order valence-electron chi connectivity index (χ0n) is 23.1. The molecule has 0 aromatic carbocycles. The van der Waals surface area contributed by atoms with Crippen molar-refractivity contribution in [2.24, 2.45) is 11.8 Å². The highest BCUT2D eigenvalue weighted by molar-refractivity contribution is 4.60. The molecular formula is C31H64O. The first kappa shape index (κ1) is 32.0. The van der Waals surface area contributed by atoms with Crippen molar-refractivity contribution in [3.05, 3.63) is 0 Å². The maximum atomic E-state index is 9.53. The topological polar surface area (TPSA) is 20.2 Å². The fourth-order valence-corrected chi connectivity index (χ4v) is 4.92. The van der Waals surface area contributed by atoms with E-state index < -0.39 is 0 Å². The Labute approximate surface area is 204 Å². The lowest BCUT2D eigenvalue weighted by Gasteiger charge is -2.14. The Morgan fingerprint density at radius 1 is 0.406 bits per heavy atom. The Kier molecular flexibility index (Phi) is 25.5. The van der Waals surface area contributed by atoms with Crippen molar-refractivity contribution < 1.29 is 5.11 Å². The van der Waals surface area contributed by atoms with Crippen molar-refractivity contribution in [2.75, 3.05) is 0 Å². The summed E-state index contributed by atoms with van der Waals surface area (Å²) in [6, 6.07) is 0. The second-order valence-electron chi connectivity index (χ2n) is 11.3. The van der Waals surface area contributed by atoms with E-state index in [1.807, 2.05) is 6.92 Å². The van der Waals surface area contributed by atoms with Crippen molar-refractivity contribution in [1.82, 2.24) is 0 Å². The molecule has 0 saturated carbocycles. The van der Waals surface area contributed by atoms with Crippen LogP contribution in [0.1, 0.15) is 182 Å². The molecule has 0 aliphatic carbocycles. The molecule has 0 rings (SSSR count). The minimum atomic E-state index is -0.139. The molecule has 32 heavy (non-hydrogen) atoms. The molecule has 3 atom stereocenters. The second-order valence-corrected chi connectivity index (χ2v) is 11.3. The van der Waals surface area contributed by atoms with Gasteiger partial charge in [0.25, 0.3) is 0 Å². The standard InChI is InChI=1S/C31H64O/c1-5-6-7-8-9-10-11-12-13-14-15-16-17-18-20-23-26-29(2)27-24-21-19-22-25-28-30(3)31(4)32/h29-32H,5-28H2,1-4H3. The van der Waals surface area contributed by atoms with E-state index in [-0.39, 0.29) is 6.10 Å². The highest BCUT2D eigenvalue weighted by Gasteiger charge is 2.07. The summed E-state index contributed by atoms with van der Waals surface area (Å²) in [6.07, 6.45) is 34.2. The van der Waals surface area contributed by atoms with Gasteiger partial charge in [-0.25, -0.2) is 0 Å². The summed E-state index contributed by atoms with van der Waals surface area (Å²) in [6.45, 7) is 8.86. The highest BCUT2D eigenvalue weighted by Crippen LogP contribution is 2.20. The van der Waals surface area contributed by atoms with E-state index in [4.69, 9.17) is 0 Å². The smallest absolute Gasteiger partial charge is 0.0537 e. The minimum absolute atomic E-state index is 0.139. The van der Waals surface area contributed by atoms with Crippen LogP contribution in [-0.2, 0) is 0 Å². The summed E-state index contributed by atoms with van der Waals surface area (Å²) in [7, 11) is 0. The summed E-state index contributed by atoms with van der Waals surface area (Å²) in [5, 5.41) is 9.53. The van der Waals surface area contributed by atoms with Gasteiger partial charge < -0.3 is 5.11 Å². The van der Waals surface area contributed by atoms with E-state index in [0.29, 0.717) is 5.92 Å². The summed E-state index contributed by atoms with van der Waals surface area (Å²) in [4.78, 5) is 0. The molecule has 1 nitrogen and oxygen atoms in total. The number of aliphatic hydroxyl groups is 1. The van der Waals surface area contributed by atoms with Gasteiger partial charge in [-0.3, -0.25) is 0 Å². The molecule has 194 valence electrons. The third kappa shape index (κ3) is 24.6. The Hall–Kier alpha value is -0.0400. The molecule has 0 aromatic rings. The van der Waals surface area contributed by atoms with Gasteiger partial charge in [0.1, 0.15) is 0 Å². The van der Waals surface area contributed by atoms with Gasteiger partial charge in [-0.1, -0.05) is 168 Å².